The standard InChI is InChI=1S/C19H22N2O2/c1-14(2)13-20-19(23)17(15-9-5-3-6-10-15)21-18(22)16-11-7-4-8-12-16/h3-12,14,17H,13H2,1-2H3,(H,20,23)(H,21,22). The van der Waals surface area contributed by atoms with Crippen LogP contribution in [0.5, 0.6) is 0 Å². The summed E-state index contributed by atoms with van der Waals surface area (Å²) in [5.41, 5.74) is 1.29. The van der Waals surface area contributed by atoms with Crippen molar-refractivity contribution in [2.24, 2.45) is 5.92 Å². The number of carbonyl (C=O) groups excluding carboxylic acids is 2. The molecule has 120 valence electrons. The van der Waals surface area contributed by atoms with Gasteiger partial charge in [0.15, 0.2) is 0 Å². The van der Waals surface area contributed by atoms with Gasteiger partial charge in [-0.2, -0.15) is 0 Å². The second kappa shape index (κ2) is 8.13. The van der Waals surface area contributed by atoms with Crippen molar-refractivity contribution in [2.75, 3.05) is 6.54 Å². The van der Waals surface area contributed by atoms with E-state index in [9.17, 15) is 9.59 Å². The smallest absolute Gasteiger partial charge is 0.252 e. The van der Waals surface area contributed by atoms with Crippen LogP contribution in [0.4, 0.5) is 0 Å². The van der Waals surface area contributed by atoms with Crippen LogP contribution in [0.1, 0.15) is 35.8 Å². The van der Waals surface area contributed by atoms with E-state index in [-0.39, 0.29) is 11.8 Å². The minimum Gasteiger partial charge on any atom is -0.354 e. The van der Waals surface area contributed by atoms with Crippen molar-refractivity contribution < 1.29 is 9.59 Å². The fraction of sp³-hybridized carbons (Fsp3) is 0.263. The normalized spacial score (nSPS) is 11.8. The Bertz CT molecular complexity index is 639. The lowest BCUT2D eigenvalue weighted by Gasteiger charge is -2.19. The highest BCUT2D eigenvalue weighted by atomic mass is 16.2. The quantitative estimate of drug-likeness (QED) is 0.862. The van der Waals surface area contributed by atoms with Gasteiger partial charge in [-0.1, -0.05) is 62.4 Å². The lowest BCUT2D eigenvalue weighted by atomic mass is 10.0. The molecule has 2 aromatic rings. The first-order valence-corrected chi connectivity index (χ1v) is 7.76. The van der Waals surface area contributed by atoms with Gasteiger partial charge in [-0.3, -0.25) is 9.59 Å². The summed E-state index contributed by atoms with van der Waals surface area (Å²) in [5.74, 6) is -0.117. The Hall–Kier alpha value is -2.62. The molecule has 1 atom stereocenters. The van der Waals surface area contributed by atoms with Crippen LogP contribution in [0.25, 0.3) is 0 Å². The van der Waals surface area contributed by atoms with Gasteiger partial charge in [-0.15, -0.1) is 0 Å². The maximum absolute atomic E-state index is 12.5. The molecule has 0 aliphatic carbocycles. The topological polar surface area (TPSA) is 58.2 Å². The van der Waals surface area contributed by atoms with Crippen LogP contribution in [0.3, 0.4) is 0 Å². The van der Waals surface area contributed by atoms with Gasteiger partial charge >= 0.3 is 0 Å². The average Bonchev–Trinajstić information content (AvgIpc) is 2.59. The highest BCUT2D eigenvalue weighted by Gasteiger charge is 2.23. The highest BCUT2D eigenvalue weighted by molar-refractivity contribution is 5.97. The van der Waals surface area contributed by atoms with E-state index in [1.165, 1.54) is 0 Å². The van der Waals surface area contributed by atoms with Crippen molar-refractivity contribution in [1.82, 2.24) is 10.6 Å². The molecule has 0 aliphatic heterocycles. The Balaban J connectivity index is 2.17. The third kappa shape index (κ3) is 4.95. The molecule has 1 unspecified atom stereocenters. The van der Waals surface area contributed by atoms with Gasteiger partial charge in [0.1, 0.15) is 6.04 Å². The molecule has 4 heteroatoms. The molecule has 2 rings (SSSR count). The van der Waals surface area contributed by atoms with E-state index in [2.05, 4.69) is 10.6 Å². The van der Waals surface area contributed by atoms with E-state index in [1.807, 2.05) is 50.2 Å². The second-order valence-electron chi connectivity index (χ2n) is 5.82. The molecule has 4 nitrogen and oxygen atoms in total. The molecule has 0 radical (unpaired) electrons. The Morgan fingerprint density at radius 2 is 1.48 bits per heavy atom. The monoisotopic (exact) mass is 310 g/mol. The van der Waals surface area contributed by atoms with E-state index in [1.54, 1.807) is 24.3 Å². The fourth-order valence-corrected chi connectivity index (χ4v) is 2.16. The summed E-state index contributed by atoms with van der Waals surface area (Å²) >= 11 is 0. The number of benzene rings is 2. The second-order valence-corrected chi connectivity index (χ2v) is 5.82. The molecule has 0 spiro atoms. The third-order valence-electron chi connectivity index (χ3n) is 3.39. The number of carbonyl (C=O) groups is 2. The van der Waals surface area contributed by atoms with Crippen molar-refractivity contribution in [3.05, 3.63) is 71.8 Å². The van der Waals surface area contributed by atoms with E-state index < -0.39 is 6.04 Å². The maximum Gasteiger partial charge on any atom is 0.252 e. The van der Waals surface area contributed by atoms with E-state index in [0.29, 0.717) is 18.0 Å². The predicted molar refractivity (Wildman–Crippen MR) is 90.9 cm³/mol. The molecule has 23 heavy (non-hydrogen) atoms. The van der Waals surface area contributed by atoms with Gasteiger partial charge in [0.05, 0.1) is 0 Å². The van der Waals surface area contributed by atoms with Crippen LogP contribution in [0.2, 0.25) is 0 Å². The molecule has 0 heterocycles. The molecular weight excluding hydrogens is 288 g/mol. The minimum atomic E-state index is -0.706. The van der Waals surface area contributed by atoms with Crippen LogP contribution in [0.15, 0.2) is 60.7 Å². The Kier molecular flexibility index (Phi) is 5.92. The zero-order chi connectivity index (χ0) is 16.7. The fourth-order valence-electron chi connectivity index (χ4n) is 2.16. The van der Waals surface area contributed by atoms with Gasteiger partial charge in [0.25, 0.3) is 5.91 Å². The molecule has 0 aromatic heterocycles. The van der Waals surface area contributed by atoms with Gasteiger partial charge < -0.3 is 10.6 Å². The van der Waals surface area contributed by atoms with Crippen LogP contribution in [-0.4, -0.2) is 18.4 Å². The zero-order valence-electron chi connectivity index (χ0n) is 13.5. The first kappa shape index (κ1) is 16.7. The zero-order valence-corrected chi connectivity index (χ0v) is 13.5. The summed E-state index contributed by atoms with van der Waals surface area (Å²) in [6.45, 7) is 4.63. The van der Waals surface area contributed by atoms with Crippen LogP contribution in [0, 0.1) is 5.92 Å². The first-order valence-electron chi connectivity index (χ1n) is 7.76. The summed E-state index contributed by atoms with van der Waals surface area (Å²) < 4.78 is 0. The molecule has 0 bridgehead atoms. The average molecular weight is 310 g/mol. The van der Waals surface area contributed by atoms with Crippen molar-refractivity contribution in [3.8, 4) is 0 Å². The van der Waals surface area contributed by atoms with E-state index in [4.69, 9.17) is 0 Å². The lowest BCUT2D eigenvalue weighted by Crippen LogP contribution is -2.41. The van der Waals surface area contributed by atoms with Crippen LogP contribution < -0.4 is 10.6 Å². The first-order chi connectivity index (χ1) is 11.1. The predicted octanol–water partition coefficient (Wildman–Crippen LogP) is 2.93. The van der Waals surface area contributed by atoms with E-state index in [0.717, 1.165) is 5.56 Å². The summed E-state index contributed by atoms with van der Waals surface area (Å²) in [5, 5.41) is 5.71. The van der Waals surface area contributed by atoms with Gasteiger partial charge in [0, 0.05) is 12.1 Å². The summed E-state index contributed by atoms with van der Waals surface area (Å²) in [4.78, 5) is 24.9. The van der Waals surface area contributed by atoms with Crippen LogP contribution >= 0.6 is 0 Å². The molecule has 0 saturated heterocycles. The summed E-state index contributed by atoms with van der Waals surface area (Å²) in [6.07, 6.45) is 0. The molecule has 2 amide bonds. The Labute approximate surface area is 136 Å². The molecule has 0 saturated carbocycles. The van der Waals surface area contributed by atoms with Crippen molar-refractivity contribution in [2.45, 2.75) is 19.9 Å². The Morgan fingerprint density at radius 3 is 2.04 bits per heavy atom. The maximum atomic E-state index is 12.5. The number of rotatable bonds is 6. The minimum absolute atomic E-state index is 0.200. The largest absolute Gasteiger partial charge is 0.354 e. The summed E-state index contributed by atoms with van der Waals surface area (Å²) in [6, 6.07) is 17.5. The van der Waals surface area contributed by atoms with Crippen molar-refractivity contribution in [3.63, 3.8) is 0 Å². The molecule has 2 N–H and O–H groups in total. The van der Waals surface area contributed by atoms with Gasteiger partial charge in [-0.05, 0) is 23.6 Å². The highest BCUT2D eigenvalue weighted by Crippen LogP contribution is 2.14. The number of amides is 2. The molecule has 0 fully saturated rings. The lowest BCUT2D eigenvalue weighted by molar-refractivity contribution is -0.123. The number of hydrogen-bond acceptors (Lipinski definition) is 2. The van der Waals surface area contributed by atoms with Crippen LogP contribution in [-0.2, 0) is 4.79 Å². The van der Waals surface area contributed by atoms with Gasteiger partial charge in [-0.25, -0.2) is 0 Å². The number of nitrogens with one attached hydrogen (secondary N) is 2. The summed E-state index contributed by atoms with van der Waals surface area (Å²) in [7, 11) is 0. The molecule has 0 aliphatic rings. The number of hydrogen-bond donors (Lipinski definition) is 2. The van der Waals surface area contributed by atoms with Crippen molar-refractivity contribution in [1.29, 1.82) is 0 Å². The molecular formula is C19H22N2O2. The molecule has 2 aromatic carbocycles. The Morgan fingerprint density at radius 1 is 0.913 bits per heavy atom. The van der Waals surface area contributed by atoms with Gasteiger partial charge in [0.2, 0.25) is 5.91 Å². The SMILES string of the molecule is CC(C)CNC(=O)C(NC(=O)c1ccccc1)c1ccccc1. The van der Waals surface area contributed by atoms with E-state index >= 15 is 0 Å². The van der Waals surface area contributed by atoms with Crippen molar-refractivity contribution >= 4 is 11.8 Å². The third-order valence-corrected chi connectivity index (χ3v) is 3.39.